The number of nitrogens with one attached hydrogen (secondary N) is 1. The van der Waals surface area contributed by atoms with Crippen LogP contribution in [0.1, 0.15) is 24.0 Å². The summed E-state index contributed by atoms with van der Waals surface area (Å²) in [5.74, 6) is 0.160. The van der Waals surface area contributed by atoms with Crippen molar-refractivity contribution in [3.8, 4) is 0 Å². The first-order chi connectivity index (χ1) is 9.75. The molecule has 20 heavy (non-hydrogen) atoms. The monoisotopic (exact) mass is 263 g/mol. The van der Waals surface area contributed by atoms with Crippen molar-refractivity contribution in [2.45, 2.75) is 19.3 Å². The van der Waals surface area contributed by atoms with Gasteiger partial charge in [0, 0.05) is 29.4 Å². The van der Waals surface area contributed by atoms with E-state index in [0.717, 1.165) is 22.0 Å². The van der Waals surface area contributed by atoms with Crippen molar-refractivity contribution in [1.82, 2.24) is 4.98 Å². The highest BCUT2D eigenvalue weighted by molar-refractivity contribution is 5.93. The minimum Gasteiger partial charge on any atom is -0.361 e. The highest BCUT2D eigenvalue weighted by atomic mass is 16.1. The van der Waals surface area contributed by atoms with Gasteiger partial charge in [-0.25, -0.2) is 0 Å². The Hall–Kier alpha value is -2.35. The van der Waals surface area contributed by atoms with Crippen molar-refractivity contribution in [1.29, 1.82) is 0 Å². The number of hydrogen-bond acceptors (Lipinski definition) is 1. The Morgan fingerprint density at radius 2 is 1.75 bits per heavy atom. The molecule has 0 aliphatic rings. The molecule has 1 heterocycles. The molecular formula is C18H17NO. The Morgan fingerprint density at radius 3 is 2.55 bits per heavy atom. The normalized spacial score (nSPS) is 12.4. The van der Waals surface area contributed by atoms with E-state index >= 15 is 0 Å². The lowest BCUT2D eigenvalue weighted by atomic mass is 9.92. The minimum absolute atomic E-state index is 0.0913. The van der Waals surface area contributed by atoms with Gasteiger partial charge in [0.15, 0.2) is 0 Å². The van der Waals surface area contributed by atoms with Crippen LogP contribution in [0.15, 0.2) is 60.8 Å². The molecule has 0 aliphatic heterocycles. The highest BCUT2D eigenvalue weighted by Crippen LogP contribution is 2.26. The van der Waals surface area contributed by atoms with Crippen LogP contribution in [0.25, 0.3) is 10.9 Å². The third-order valence-electron chi connectivity index (χ3n) is 3.79. The first kappa shape index (κ1) is 12.7. The molecule has 0 amide bonds. The second-order valence-electron chi connectivity index (χ2n) is 5.14. The molecule has 100 valence electrons. The van der Waals surface area contributed by atoms with Crippen LogP contribution in [0.3, 0.4) is 0 Å². The van der Waals surface area contributed by atoms with E-state index in [4.69, 9.17) is 0 Å². The molecule has 0 fully saturated rings. The molecule has 1 aromatic heterocycles. The van der Waals surface area contributed by atoms with Gasteiger partial charge < -0.3 is 4.98 Å². The number of aromatic amines is 1. The lowest BCUT2D eigenvalue weighted by Gasteiger charge is -2.09. The molecule has 1 N–H and O–H groups in total. The Labute approximate surface area is 118 Å². The van der Waals surface area contributed by atoms with Crippen LogP contribution < -0.4 is 0 Å². The summed E-state index contributed by atoms with van der Waals surface area (Å²) in [5.41, 5.74) is 3.24. The van der Waals surface area contributed by atoms with Crippen LogP contribution in [0.2, 0.25) is 0 Å². The van der Waals surface area contributed by atoms with Gasteiger partial charge in [0.2, 0.25) is 0 Å². The first-order valence-corrected chi connectivity index (χ1v) is 6.88. The zero-order valence-electron chi connectivity index (χ0n) is 11.5. The zero-order chi connectivity index (χ0) is 13.9. The molecule has 0 radical (unpaired) electrons. The standard InChI is InChI=1S/C18H17NO/c1-13(18(20)11-14-7-3-2-4-8-14)16-12-19-17-10-6-5-9-15(16)17/h2-10,12-13,19H,11H2,1H3. The molecule has 3 aromatic rings. The van der Waals surface area contributed by atoms with Crippen molar-refractivity contribution in [3.05, 3.63) is 71.9 Å². The second-order valence-corrected chi connectivity index (χ2v) is 5.14. The average molecular weight is 263 g/mol. The molecule has 0 saturated heterocycles. The molecule has 0 aliphatic carbocycles. The van der Waals surface area contributed by atoms with Crippen molar-refractivity contribution < 1.29 is 4.79 Å². The third-order valence-corrected chi connectivity index (χ3v) is 3.79. The molecule has 2 nitrogen and oxygen atoms in total. The maximum atomic E-state index is 12.4. The predicted octanol–water partition coefficient (Wildman–Crippen LogP) is 4.08. The van der Waals surface area contributed by atoms with Crippen LogP contribution in [0.4, 0.5) is 0 Å². The van der Waals surface area contributed by atoms with E-state index in [-0.39, 0.29) is 11.7 Å². The lowest BCUT2D eigenvalue weighted by molar-refractivity contribution is -0.119. The Morgan fingerprint density at radius 1 is 1.05 bits per heavy atom. The molecular weight excluding hydrogens is 246 g/mol. The molecule has 1 unspecified atom stereocenters. The van der Waals surface area contributed by atoms with Crippen molar-refractivity contribution in [2.75, 3.05) is 0 Å². The highest BCUT2D eigenvalue weighted by Gasteiger charge is 2.18. The van der Waals surface area contributed by atoms with E-state index in [1.807, 2.05) is 61.7 Å². The van der Waals surface area contributed by atoms with Gasteiger partial charge >= 0.3 is 0 Å². The number of aromatic nitrogens is 1. The minimum atomic E-state index is -0.0913. The second kappa shape index (κ2) is 5.33. The smallest absolute Gasteiger partial charge is 0.144 e. The molecule has 0 spiro atoms. The summed E-state index contributed by atoms with van der Waals surface area (Å²) < 4.78 is 0. The summed E-state index contributed by atoms with van der Waals surface area (Å²) in [5, 5.41) is 1.14. The fraction of sp³-hybridized carbons (Fsp3) is 0.167. The van der Waals surface area contributed by atoms with E-state index in [9.17, 15) is 4.79 Å². The van der Waals surface area contributed by atoms with Gasteiger partial charge in [0.25, 0.3) is 0 Å². The van der Waals surface area contributed by atoms with E-state index in [1.165, 1.54) is 0 Å². The number of carbonyl (C=O) groups is 1. The first-order valence-electron chi connectivity index (χ1n) is 6.88. The van der Waals surface area contributed by atoms with Crippen LogP contribution in [-0.2, 0) is 11.2 Å². The maximum Gasteiger partial charge on any atom is 0.144 e. The topological polar surface area (TPSA) is 32.9 Å². The summed E-state index contributed by atoms with van der Waals surface area (Å²) >= 11 is 0. The number of Topliss-reactive ketones (excluding diaryl/α,β-unsaturated/α-hetero) is 1. The summed E-state index contributed by atoms with van der Waals surface area (Å²) in [6, 6.07) is 18.0. The number of hydrogen-bond donors (Lipinski definition) is 1. The fourth-order valence-corrected chi connectivity index (χ4v) is 2.58. The van der Waals surface area contributed by atoms with E-state index < -0.39 is 0 Å². The molecule has 1 atom stereocenters. The van der Waals surface area contributed by atoms with E-state index in [2.05, 4.69) is 11.1 Å². The van der Waals surface area contributed by atoms with Crippen LogP contribution in [0, 0.1) is 0 Å². The predicted molar refractivity (Wildman–Crippen MR) is 81.9 cm³/mol. The molecule has 0 bridgehead atoms. The SMILES string of the molecule is CC(C(=O)Cc1ccccc1)c1c[nH]c2ccccc12. The number of benzene rings is 2. The van der Waals surface area contributed by atoms with Crippen LogP contribution >= 0.6 is 0 Å². The number of ketones is 1. The molecule has 2 aromatic carbocycles. The van der Waals surface area contributed by atoms with Crippen LogP contribution in [0.5, 0.6) is 0 Å². The van der Waals surface area contributed by atoms with Gasteiger partial charge in [-0.1, -0.05) is 55.5 Å². The Bertz CT molecular complexity index is 727. The Balaban J connectivity index is 1.85. The fourth-order valence-electron chi connectivity index (χ4n) is 2.58. The van der Waals surface area contributed by atoms with Gasteiger partial charge in [-0.15, -0.1) is 0 Å². The van der Waals surface area contributed by atoms with Crippen molar-refractivity contribution in [3.63, 3.8) is 0 Å². The summed E-state index contributed by atoms with van der Waals surface area (Å²) in [6.07, 6.45) is 2.44. The average Bonchev–Trinajstić information content (AvgIpc) is 2.91. The number of fused-ring (bicyclic) bond motifs is 1. The lowest BCUT2D eigenvalue weighted by Crippen LogP contribution is -2.11. The number of para-hydroxylation sites is 1. The van der Waals surface area contributed by atoms with Gasteiger partial charge in [-0.2, -0.15) is 0 Å². The van der Waals surface area contributed by atoms with Gasteiger partial charge in [0.05, 0.1) is 0 Å². The van der Waals surface area contributed by atoms with E-state index in [0.29, 0.717) is 6.42 Å². The molecule has 0 saturated carbocycles. The number of carbonyl (C=O) groups excluding carboxylic acids is 1. The zero-order valence-corrected chi connectivity index (χ0v) is 11.5. The summed E-state index contributed by atoms with van der Waals surface area (Å²) in [4.78, 5) is 15.7. The number of H-pyrrole nitrogens is 1. The third kappa shape index (κ3) is 2.37. The molecule has 3 rings (SSSR count). The quantitative estimate of drug-likeness (QED) is 0.755. The van der Waals surface area contributed by atoms with Crippen LogP contribution in [-0.4, -0.2) is 10.8 Å². The van der Waals surface area contributed by atoms with Crippen molar-refractivity contribution >= 4 is 16.7 Å². The van der Waals surface area contributed by atoms with Gasteiger partial charge in [-0.3, -0.25) is 4.79 Å². The number of rotatable bonds is 4. The maximum absolute atomic E-state index is 12.4. The largest absolute Gasteiger partial charge is 0.361 e. The Kier molecular flexibility index (Phi) is 3.38. The summed E-state index contributed by atoms with van der Waals surface area (Å²) in [7, 11) is 0. The van der Waals surface area contributed by atoms with Gasteiger partial charge in [-0.05, 0) is 17.2 Å². The van der Waals surface area contributed by atoms with Crippen molar-refractivity contribution in [2.24, 2.45) is 0 Å². The molecule has 2 heteroatoms. The van der Waals surface area contributed by atoms with E-state index in [1.54, 1.807) is 0 Å². The van der Waals surface area contributed by atoms with Gasteiger partial charge in [0.1, 0.15) is 5.78 Å². The summed E-state index contributed by atoms with van der Waals surface area (Å²) in [6.45, 7) is 1.99.